The van der Waals surface area contributed by atoms with E-state index in [2.05, 4.69) is 28.0 Å². The van der Waals surface area contributed by atoms with Gasteiger partial charge < -0.3 is 4.52 Å². The predicted molar refractivity (Wildman–Crippen MR) is 99.5 cm³/mol. The zero-order chi connectivity index (χ0) is 17.3. The third-order valence-electron chi connectivity index (χ3n) is 3.86. The Labute approximate surface area is 152 Å². The van der Waals surface area contributed by atoms with Crippen LogP contribution in [0.15, 0.2) is 37.1 Å². The van der Waals surface area contributed by atoms with Gasteiger partial charge in [-0.1, -0.05) is 39.8 Å². The molecule has 0 saturated carbocycles. The molecule has 0 aliphatic heterocycles. The molecule has 0 bridgehead atoms. The maximum atomic E-state index is 12.8. The topological polar surface area (TPSA) is 60.9 Å². The number of rotatable bonds is 5. The summed E-state index contributed by atoms with van der Waals surface area (Å²) in [7, 11) is 0. The molecule has 0 atom stereocenters. The monoisotopic (exact) mass is 407 g/mol. The highest BCUT2D eigenvalue weighted by Gasteiger charge is 2.14. The lowest BCUT2D eigenvalue weighted by Gasteiger charge is -2.12. The highest BCUT2D eigenvalue weighted by Crippen LogP contribution is 2.26. The first-order chi connectivity index (χ1) is 11.5. The molecule has 24 heavy (non-hydrogen) atoms. The summed E-state index contributed by atoms with van der Waals surface area (Å²) in [5, 5.41) is 5.35. The molecule has 0 aliphatic rings. The van der Waals surface area contributed by atoms with Gasteiger partial charge in [0.2, 0.25) is 0 Å². The minimum absolute atomic E-state index is 0.00409. The summed E-state index contributed by atoms with van der Waals surface area (Å²) in [5.74, 6) is 1.49. The molecule has 3 aromatic rings. The molecule has 1 aromatic carbocycles. The zero-order valence-electron chi connectivity index (χ0n) is 13.8. The molecule has 0 spiro atoms. The number of hydrogen-bond donors (Lipinski definition) is 0. The SMILES string of the molecule is CCCn1c(SCc2c(C)noc2C)nc2ccc(Br)cc2c1=O. The van der Waals surface area contributed by atoms with Gasteiger partial charge in [0.1, 0.15) is 5.76 Å². The van der Waals surface area contributed by atoms with Gasteiger partial charge in [0.05, 0.1) is 16.6 Å². The zero-order valence-corrected chi connectivity index (χ0v) is 16.2. The van der Waals surface area contributed by atoms with E-state index in [1.807, 2.05) is 32.0 Å². The van der Waals surface area contributed by atoms with E-state index in [0.29, 0.717) is 17.7 Å². The van der Waals surface area contributed by atoms with E-state index in [9.17, 15) is 4.79 Å². The number of aryl methyl sites for hydroxylation is 2. The number of fused-ring (bicyclic) bond motifs is 1. The van der Waals surface area contributed by atoms with Crippen molar-refractivity contribution in [3.05, 3.63) is 50.0 Å². The Bertz CT molecular complexity index is 929. The number of hydrogen-bond acceptors (Lipinski definition) is 5. The Morgan fingerprint density at radius 2 is 2.12 bits per heavy atom. The van der Waals surface area contributed by atoms with Gasteiger partial charge in [-0.05, 0) is 38.5 Å². The van der Waals surface area contributed by atoms with Crippen LogP contribution in [-0.4, -0.2) is 14.7 Å². The van der Waals surface area contributed by atoms with E-state index in [-0.39, 0.29) is 5.56 Å². The largest absolute Gasteiger partial charge is 0.361 e. The Kier molecular flexibility index (Phi) is 5.10. The average molecular weight is 408 g/mol. The summed E-state index contributed by atoms with van der Waals surface area (Å²) in [6.45, 7) is 6.54. The van der Waals surface area contributed by atoms with Crippen LogP contribution in [0, 0.1) is 13.8 Å². The number of halogens is 1. The van der Waals surface area contributed by atoms with Crippen LogP contribution >= 0.6 is 27.7 Å². The second-order valence-corrected chi connectivity index (χ2v) is 7.46. The molecule has 0 amide bonds. The van der Waals surface area contributed by atoms with Crippen molar-refractivity contribution in [1.82, 2.24) is 14.7 Å². The summed E-state index contributed by atoms with van der Waals surface area (Å²) >= 11 is 4.97. The van der Waals surface area contributed by atoms with Gasteiger partial charge in [-0.3, -0.25) is 9.36 Å². The molecule has 2 aromatic heterocycles. The summed E-state index contributed by atoms with van der Waals surface area (Å²) < 4.78 is 7.86. The number of aromatic nitrogens is 3. The van der Waals surface area contributed by atoms with Crippen molar-refractivity contribution in [2.45, 2.75) is 44.6 Å². The molecule has 3 rings (SSSR count). The summed E-state index contributed by atoms with van der Waals surface area (Å²) in [5.41, 5.74) is 2.67. The summed E-state index contributed by atoms with van der Waals surface area (Å²) in [6, 6.07) is 5.61. The van der Waals surface area contributed by atoms with Crippen LogP contribution < -0.4 is 5.56 Å². The minimum Gasteiger partial charge on any atom is -0.361 e. The molecule has 126 valence electrons. The molecule has 0 saturated heterocycles. The molecule has 0 unspecified atom stereocenters. The Morgan fingerprint density at radius 1 is 1.33 bits per heavy atom. The van der Waals surface area contributed by atoms with E-state index in [4.69, 9.17) is 9.51 Å². The Hall–Kier alpha value is -1.60. The van der Waals surface area contributed by atoms with E-state index in [0.717, 1.165) is 38.6 Å². The van der Waals surface area contributed by atoms with Gasteiger partial charge in [-0.25, -0.2) is 4.98 Å². The summed E-state index contributed by atoms with van der Waals surface area (Å²) in [4.78, 5) is 17.6. The number of benzene rings is 1. The maximum Gasteiger partial charge on any atom is 0.262 e. The smallest absolute Gasteiger partial charge is 0.262 e. The fourth-order valence-corrected chi connectivity index (χ4v) is 4.09. The van der Waals surface area contributed by atoms with Crippen LogP contribution in [-0.2, 0) is 12.3 Å². The van der Waals surface area contributed by atoms with Crippen molar-refractivity contribution in [3.63, 3.8) is 0 Å². The number of nitrogens with zero attached hydrogens (tertiary/aromatic N) is 3. The van der Waals surface area contributed by atoms with Crippen molar-refractivity contribution in [1.29, 1.82) is 0 Å². The van der Waals surface area contributed by atoms with Gasteiger partial charge in [0.25, 0.3) is 5.56 Å². The van der Waals surface area contributed by atoms with Crippen LogP contribution in [0.3, 0.4) is 0 Å². The third kappa shape index (κ3) is 3.28. The van der Waals surface area contributed by atoms with E-state index in [1.165, 1.54) is 0 Å². The lowest BCUT2D eigenvalue weighted by Crippen LogP contribution is -2.23. The van der Waals surface area contributed by atoms with E-state index >= 15 is 0 Å². The quantitative estimate of drug-likeness (QED) is 0.461. The van der Waals surface area contributed by atoms with Gasteiger partial charge >= 0.3 is 0 Å². The fourth-order valence-electron chi connectivity index (χ4n) is 2.55. The fraction of sp³-hybridized carbons (Fsp3) is 0.353. The lowest BCUT2D eigenvalue weighted by molar-refractivity contribution is 0.392. The van der Waals surface area contributed by atoms with Crippen LogP contribution in [0.2, 0.25) is 0 Å². The first-order valence-corrected chi connectivity index (χ1v) is 9.53. The average Bonchev–Trinajstić information content (AvgIpc) is 2.88. The molecule has 2 heterocycles. The molecule has 5 nitrogen and oxygen atoms in total. The Morgan fingerprint density at radius 3 is 2.79 bits per heavy atom. The minimum atomic E-state index is 0.00409. The van der Waals surface area contributed by atoms with Crippen LogP contribution in [0.1, 0.15) is 30.4 Å². The molecular weight excluding hydrogens is 390 g/mol. The van der Waals surface area contributed by atoms with Crippen molar-refractivity contribution in [2.75, 3.05) is 0 Å². The molecule has 0 N–H and O–H groups in total. The first kappa shape index (κ1) is 17.2. The van der Waals surface area contributed by atoms with Crippen molar-refractivity contribution in [2.24, 2.45) is 0 Å². The molecule has 7 heteroatoms. The molecule has 0 radical (unpaired) electrons. The molecule has 0 fully saturated rings. The van der Waals surface area contributed by atoms with E-state index < -0.39 is 0 Å². The van der Waals surface area contributed by atoms with Crippen molar-refractivity contribution >= 4 is 38.6 Å². The highest BCUT2D eigenvalue weighted by atomic mass is 79.9. The van der Waals surface area contributed by atoms with E-state index in [1.54, 1.807) is 16.3 Å². The van der Waals surface area contributed by atoms with Crippen LogP contribution in [0.5, 0.6) is 0 Å². The Balaban J connectivity index is 2.04. The second-order valence-electron chi connectivity index (χ2n) is 5.60. The van der Waals surface area contributed by atoms with Gasteiger partial charge in [-0.2, -0.15) is 0 Å². The van der Waals surface area contributed by atoms with Gasteiger partial charge in [0, 0.05) is 22.3 Å². The second kappa shape index (κ2) is 7.11. The predicted octanol–water partition coefficient (Wildman–Crippen LogP) is 4.47. The van der Waals surface area contributed by atoms with Crippen LogP contribution in [0.4, 0.5) is 0 Å². The summed E-state index contributed by atoms with van der Waals surface area (Å²) in [6.07, 6.45) is 0.875. The first-order valence-electron chi connectivity index (χ1n) is 7.76. The van der Waals surface area contributed by atoms with Gasteiger partial charge in [0.15, 0.2) is 5.16 Å². The van der Waals surface area contributed by atoms with Crippen molar-refractivity contribution < 1.29 is 4.52 Å². The molecular formula is C17H18BrN3O2S. The number of thioether (sulfide) groups is 1. The lowest BCUT2D eigenvalue weighted by atomic mass is 10.2. The molecule has 0 aliphatic carbocycles. The van der Waals surface area contributed by atoms with Crippen LogP contribution in [0.25, 0.3) is 10.9 Å². The third-order valence-corrected chi connectivity index (χ3v) is 5.35. The maximum absolute atomic E-state index is 12.8. The van der Waals surface area contributed by atoms with Crippen molar-refractivity contribution in [3.8, 4) is 0 Å². The normalized spacial score (nSPS) is 11.3. The standard InChI is InChI=1S/C17H18BrN3O2S/c1-4-7-21-16(22)13-8-12(18)5-6-15(13)19-17(21)24-9-14-10(2)20-23-11(14)3/h5-6,8H,4,7,9H2,1-3H3. The van der Waals surface area contributed by atoms with Gasteiger partial charge in [-0.15, -0.1) is 0 Å². The highest BCUT2D eigenvalue weighted by molar-refractivity contribution is 9.10.